The number of hydrogen-bond acceptors (Lipinski definition) is 2. The molecule has 0 radical (unpaired) electrons. The molecule has 0 N–H and O–H groups in total. The van der Waals surface area contributed by atoms with Crippen LogP contribution in [-0.2, 0) is 11.6 Å². The van der Waals surface area contributed by atoms with Crippen LogP contribution in [0, 0.1) is 0 Å². The minimum atomic E-state index is -4.43. The zero-order valence-electron chi connectivity index (χ0n) is 10.9. The maximum Gasteiger partial charge on any atom is 0.434 e. The third kappa shape index (κ3) is 2.01. The maximum absolute atomic E-state index is 12.5. The third-order valence-electron chi connectivity index (χ3n) is 3.37. The highest BCUT2D eigenvalue weighted by molar-refractivity contribution is 5.84. The highest BCUT2D eigenvalue weighted by Crippen LogP contribution is 2.37. The standard InChI is InChI=1S/C14H12F3N3/c1-13(2)7-18-11-5-9(3-4-10(11)13)20-6-12(19-8-20)14(15,16)17/h3-8H,1-2H3. The van der Waals surface area contributed by atoms with Gasteiger partial charge in [-0.05, 0) is 17.7 Å². The van der Waals surface area contributed by atoms with Gasteiger partial charge in [-0.2, -0.15) is 13.2 Å². The average Bonchev–Trinajstić information content (AvgIpc) is 2.94. The number of fused-ring (bicyclic) bond motifs is 1. The molecule has 2 heterocycles. The Labute approximate surface area is 113 Å². The molecule has 1 aromatic carbocycles. The first-order valence-electron chi connectivity index (χ1n) is 6.09. The predicted octanol–water partition coefficient (Wildman–Crippen LogP) is 3.88. The van der Waals surface area contributed by atoms with Crippen LogP contribution in [-0.4, -0.2) is 15.8 Å². The van der Waals surface area contributed by atoms with Crippen molar-refractivity contribution in [3.63, 3.8) is 0 Å². The first kappa shape index (κ1) is 12.9. The first-order valence-corrected chi connectivity index (χ1v) is 6.09. The zero-order valence-corrected chi connectivity index (χ0v) is 10.9. The Balaban J connectivity index is 2.01. The van der Waals surface area contributed by atoms with Gasteiger partial charge in [-0.15, -0.1) is 0 Å². The fourth-order valence-corrected chi connectivity index (χ4v) is 2.24. The largest absolute Gasteiger partial charge is 0.434 e. The minimum Gasteiger partial charge on any atom is -0.306 e. The van der Waals surface area contributed by atoms with Crippen LogP contribution in [0.3, 0.4) is 0 Å². The van der Waals surface area contributed by atoms with Crippen LogP contribution in [0.2, 0.25) is 0 Å². The molecule has 0 amide bonds. The van der Waals surface area contributed by atoms with E-state index in [0.717, 1.165) is 23.8 Å². The Morgan fingerprint density at radius 3 is 2.60 bits per heavy atom. The zero-order chi connectivity index (χ0) is 14.5. The van der Waals surface area contributed by atoms with Gasteiger partial charge in [-0.25, -0.2) is 4.98 Å². The molecule has 0 unspecified atom stereocenters. The fourth-order valence-electron chi connectivity index (χ4n) is 2.24. The molecule has 0 saturated carbocycles. The predicted molar refractivity (Wildman–Crippen MR) is 69.7 cm³/mol. The van der Waals surface area contributed by atoms with Crippen molar-refractivity contribution in [2.45, 2.75) is 25.4 Å². The molecule has 20 heavy (non-hydrogen) atoms. The highest BCUT2D eigenvalue weighted by atomic mass is 19.4. The van der Waals surface area contributed by atoms with Crippen LogP contribution < -0.4 is 0 Å². The van der Waals surface area contributed by atoms with Crippen molar-refractivity contribution in [2.24, 2.45) is 4.99 Å². The normalized spacial score (nSPS) is 16.4. The van der Waals surface area contributed by atoms with Gasteiger partial charge < -0.3 is 4.57 Å². The van der Waals surface area contributed by atoms with Crippen molar-refractivity contribution in [3.05, 3.63) is 42.0 Å². The lowest BCUT2D eigenvalue weighted by molar-refractivity contribution is -0.140. The van der Waals surface area contributed by atoms with E-state index in [9.17, 15) is 13.2 Å². The number of nitrogens with zero attached hydrogens (tertiary/aromatic N) is 3. The number of hydrogen-bond donors (Lipinski definition) is 0. The molecule has 2 aromatic rings. The molecule has 1 aliphatic rings. The topological polar surface area (TPSA) is 30.2 Å². The number of aromatic nitrogens is 2. The molecule has 0 fully saturated rings. The van der Waals surface area contributed by atoms with Crippen LogP contribution in [0.25, 0.3) is 5.69 Å². The SMILES string of the molecule is CC1(C)C=Nc2cc(-n3cnc(C(F)(F)F)c3)ccc21. The van der Waals surface area contributed by atoms with E-state index in [1.165, 1.54) is 4.57 Å². The van der Waals surface area contributed by atoms with Crippen LogP contribution in [0.4, 0.5) is 18.9 Å². The lowest BCUT2D eigenvalue weighted by Crippen LogP contribution is -2.14. The number of halogens is 3. The van der Waals surface area contributed by atoms with Gasteiger partial charge in [0, 0.05) is 23.5 Å². The summed E-state index contributed by atoms with van der Waals surface area (Å²) in [4.78, 5) is 7.70. The number of rotatable bonds is 1. The Bertz CT molecular complexity index is 696. The fraction of sp³-hybridized carbons (Fsp3) is 0.286. The summed E-state index contributed by atoms with van der Waals surface area (Å²) < 4.78 is 39.0. The summed E-state index contributed by atoms with van der Waals surface area (Å²) >= 11 is 0. The molecule has 0 bridgehead atoms. The molecular weight excluding hydrogens is 267 g/mol. The van der Waals surface area contributed by atoms with E-state index in [1.54, 1.807) is 12.1 Å². The molecule has 1 aliphatic heterocycles. The highest BCUT2D eigenvalue weighted by Gasteiger charge is 2.33. The second kappa shape index (κ2) is 3.94. The summed E-state index contributed by atoms with van der Waals surface area (Å²) in [6.45, 7) is 4.09. The lowest BCUT2D eigenvalue weighted by Gasteiger charge is -2.15. The second-order valence-electron chi connectivity index (χ2n) is 5.35. The third-order valence-corrected chi connectivity index (χ3v) is 3.37. The Morgan fingerprint density at radius 2 is 1.95 bits per heavy atom. The van der Waals surface area contributed by atoms with Gasteiger partial charge in [0.2, 0.25) is 0 Å². The van der Waals surface area contributed by atoms with Gasteiger partial charge in [-0.3, -0.25) is 4.99 Å². The summed E-state index contributed by atoms with van der Waals surface area (Å²) in [5.74, 6) is 0. The number of alkyl halides is 3. The van der Waals surface area contributed by atoms with E-state index in [-0.39, 0.29) is 5.41 Å². The number of benzene rings is 1. The average molecular weight is 279 g/mol. The van der Waals surface area contributed by atoms with E-state index in [1.807, 2.05) is 26.1 Å². The maximum atomic E-state index is 12.5. The molecule has 3 nitrogen and oxygen atoms in total. The van der Waals surface area contributed by atoms with Gasteiger partial charge in [0.25, 0.3) is 0 Å². The monoisotopic (exact) mass is 279 g/mol. The summed E-state index contributed by atoms with van der Waals surface area (Å²) in [5.41, 5.74) is 1.43. The molecule has 0 saturated heterocycles. The minimum absolute atomic E-state index is 0.139. The molecular formula is C14H12F3N3. The molecule has 3 rings (SSSR count). The molecule has 104 valence electrons. The van der Waals surface area contributed by atoms with Gasteiger partial charge >= 0.3 is 6.18 Å². The van der Waals surface area contributed by atoms with Crippen molar-refractivity contribution in [1.82, 2.24) is 9.55 Å². The van der Waals surface area contributed by atoms with E-state index >= 15 is 0 Å². The summed E-state index contributed by atoms with van der Waals surface area (Å²) in [7, 11) is 0. The van der Waals surface area contributed by atoms with Crippen LogP contribution in [0.1, 0.15) is 25.1 Å². The molecule has 1 aromatic heterocycles. The van der Waals surface area contributed by atoms with Crippen molar-refractivity contribution < 1.29 is 13.2 Å². The van der Waals surface area contributed by atoms with Gasteiger partial charge in [-0.1, -0.05) is 19.9 Å². The summed E-state index contributed by atoms with van der Waals surface area (Å²) in [6, 6.07) is 5.43. The molecule has 0 spiro atoms. The van der Waals surface area contributed by atoms with E-state index < -0.39 is 11.9 Å². The molecule has 6 heteroatoms. The Morgan fingerprint density at radius 1 is 1.20 bits per heavy atom. The second-order valence-corrected chi connectivity index (χ2v) is 5.35. The van der Waals surface area contributed by atoms with Crippen molar-refractivity contribution in [2.75, 3.05) is 0 Å². The van der Waals surface area contributed by atoms with Crippen LogP contribution in [0.5, 0.6) is 0 Å². The smallest absolute Gasteiger partial charge is 0.306 e. The van der Waals surface area contributed by atoms with Gasteiger partial charge in [0.15, 0.2) is 5.69 Å². The molecule has 0 atom stereocenters. The summed E-state index contributed by atoms with van der Waals surface area (Å²) in [6.07, 6.45) is -0.446. The Hall–Kier alpha value is -2.11. The van der Waals surface area contributed by atoms with Crippen molar-refractivity contribution in [3.8, 4) is 5.69 Å². The van der Waals surface area contributed by atoms with Gasteiger partial charge in [0.1, 0.15) is 0 Å². The van der Waals surface area contributed by atoms with E-state index in [4.69, 9.17) is 0 Å². The van der Waals surface area contributed by atoms with Crippen LogP contribution in [0.15, 0.2) is 35.7 Å². The molecule has 0 aliphatic carbocycles. The Kier molecular flexibility index (Phi) is 2.54. The number of imidazole rings is 1. The number of aliphatic imine (C=N–C) groups is 1. The quantitative estimate of drug-likeness (QED) is 0.779. The lowest BCUT2D eigenvalue weighted by atomic mass is 9.87. The van der Waals surface area contributed by atoms with Crippen molar-refractivity contribution >= 4 is 11.9 Å². The summed E-state index contributed by atoms with van der Waals surface area (Å²) in [5, 5.41) is 0. The van der Waals surface area contributed by atoms with Crippen LogP contribution >= 0.6 is 0 Å². The van der Waals surface area contributed by atoms with Gasteiger partial charge in [0.05, 0.1) is 12.0 Å². The first-order chi connectivity index (χ1) is 9.27. The van der Waals surface area contributed by atoms with E-state index in [2.05, 4.69) is 9.98 Å². The van der Waals surface area contributed by atoms with E-state index in [0.29, 0.717) is 5.69 Å². The van der Waals surface area contributed by atoms with Crippen molar-refractivity contribution in [1.29, 1.82) is 0 Å².